The highest BCUT2D eigenvalue weighted by Crippen LogP contribution is 2.36. The van der Waals surface area contributed by atoms with Gasteiger partial charge in [0.15, 0.2) is 0 Å². The number of aromatic amines is 1. The number of hydrogen-bond donors (Lipinski definition) is 4. The van der Waals surface area contributed by atoms with Crippen molar-refractivity contribution in [1.82, 2.24) is 15.2 Å². The number of nitrogens with zero attached hydrogens (tertiary/aromatic N) is 1. The Balaban J connectivity index is 1.28. The number of aromatic nitrogens is 1. The molecule has 2 aliphatic heterocycles. The third-order valence-electron chi connectivity index (χ3n) is 7.22. The number of likely N-dealkylation sites (tertiary alicyclic amines) is 1. The zero-order valence-corrected chi connectivity index (χ0v) is 21.8. The van der Waals surface area contributed by atoms with Crippen molar-refractivity contribution in [3.8, 4) is 0 Å². The van der Waals surface area contributed by atoms with E-state index >= 15 is 0 Å². The van der Waals surface area contributed by atoms with Crippen LogP contribution < -0.4 is 16.0 Å². The van der Waals surface area contributed by atoms with Gasteiger partial charge >= 0.3 is 0 Å². The molecular formula is C30H33N5O3. The first-order chi connectivity index (χ1) is 18.4. The van der Waals surface area contributed by atoms with Crippen LogP contribution >= 0.6 is 0 Å². The first kappa shape index (κ1) is 25.5. The normalized spacial score (nSPS) is 15.9. The number of hydrogen-bond acceptors (Lipinski definition) is 4. The van der Waals surface area contributed by atoms with Crippen LogP contribution in [0.5, 0.6) is 0 Å². The molecule has 3 amide bonds. The van der Waals surface area contributed by atoms with Crippen molar-refractivity contribution >= 4 is 40.7 Å². The van der Waals surface area contributed by atoms with E-state index < -0.39 is 0 Å². The van der Waals surface area contributed by atoms with Gasteiger partial charge in [-0.05, 0) is 88.6 Å². The Bertz CT molecular complexity index is 1400. The van der Waals surface area contributed by atoms with Gasteiger partial charge in [-0.1, -0.05) is 24.3 Å². The second-order valence-electron chi connectivity index (χ2n) is 9.91. The number of carbonyl (C=O) groups is 3. The molecule has 1 fully saturated rings. The van der Waals surface area contributed by atoms with Gasteiger partial charge in [-0.25, -0.2) is 0 Å². The van der Waals surface area contributed by atoms with Crippen LogP contribution in [0, 0.1) is 13.8 Å². The molecule has 38 heavy (non-hydrogen) atoms. The summed E-state index contributed by atoms with van der Waals surface area (Å²) in [5, 5.41) is 8.81. The average molecular weight is 512 g/mol. The molecule has 4 N–H and O–H groups in total. The van der Waals surface area contributed by atoms with E-state index in [0.717, 1.165) is 48.6 Å². The van der Waals surface area contributed by atoms with Gasteiger partial charge in [0.1, 0.15) is 0 Å². The largest absolute Gasteiger partial charge is 0.358 e. The lowest BCUT2D eigenvalue weighted by Crippen LogP contribution is -2.29. The van der Waals surface area contributed by atoms with Crippen molar-refractivity contribution < 1.29 is 14.4 Å². The summed E-state index contributed by atoms with van der Waals surface area (Å²) in [6.07, 6.45) is 5.24. The molecule has 0 radical (unpaired) electrons. The highest BCUT2D eigenvalue weighted by atomic mass is 16.2. The van der Waals surface area contributed by atoms with Crippen LogP contribution in [0.1, 0.15) is 62.5 Å². The fourth-order valence-corrected chi connectivity index (χ4v) is 5.21. The van der Waals surface area contributed by atoms with Crippen molar-refractivity contribution in [2.45, 2.75) is 33.1 Å². The van der Waals surface area contributed by atoms with E-state index in [-0.39, 0.29) is 17.7 Å². The molecule has 1 saturated heterocycles. The Kier molecular flexibility index (Phi) is 7.42. The molecule has 2 aromatic carbocycles. The Morgan fingerprint density at radius 2 is 1.79 bits per heavy atom. The van der Waals surface area contributed by atoms with Crippen LogP contribution in [0.25, 0.3) is 11.6 Å². The van der Waals surface area contributed by atoms with Crippen LogP contribution in [0.2, 0.25) is 0 Å². The zero-order valence-electron chi connectivity index (χ0n) is 21.8. The molecule has 2 aliphatic rings. The Labute approximate surface area is 222 Å². The molecule has 0 unspecified atom stereocenters. The fourth-order valence-electron chi connectivity index (χ4n) is 5.21. The van der Waals surface area contributed by atoms with Crippen molar-refractivity contribution in [3.05, 3.63) is 82.2 Å². The molecule has 0 spiro atoms. The molecule has 0 atom stereocenters. The number of nitrogens with one attached hydrogen (secondary N) is 4. The van der Waals surface area contributed by atoms with E-state index in [9.17, 15) is 14.4 Å². The van der Waals surface area contributed by atoms with Gasteiger partial charge in [0.2, 0.25) is 0 Å². The first-order valence-electron chi connectivity index (χ1n) is 13.1. The molecule has 0 aliphatic carbocycles. The van der Waals surface area contributed by atoms with Gasteiger partial charge in [-0.2, -0.15) is 0 Å². The molecule has 0 bridgehead atoms. The maximum Gasteiger partial charge on any atom is 0.256 e. The fraction of sp³-hybridized carbons (Fsp3) is 0.300. The monoisotopic (exact) mass is 511 g/mol. The maximum atomic E-state index is 12.9. The summed E-state index contributed by atoms with van der Waals surface area (Å²) in [7, 11) is 0. The van der Waals surface area contributed by atoms with Crippen molar-refractivity contribution in [2.75, 3.05) is 36.8 Å². The second kappa shape index (κ2) is 11.1. The van der Waals surface area contributed by atoms with Crippen LogP contribution in [0.3, 0.4) is 0 Å². The summed E-state index contributed by atoms with van der Waals surface area (Å²) in [4.78, 5) is 44.0. The number of H-pyrrole nitrogens is 1. The number of anilines is 2. The Hall–Kier alpha value is -4.17. The third-order valence-corrected chi connectivity index (χ3v) is 7.22. The summed E-state index contributed by atoms with van der Waals surface area (Å²) in [5.74, 6) is -0.548. The standard InChI is InChI=1S/C30H33N5O3/c1-19-25(32-20(2)27(19)30(38)31-13-8-16-35-14-6-7-15-35)18-24-23-12-11-22(17-26(23)34-29(24)37)33-28(36)21-9-4-3-5-10-21/h3-5,9-12,17-18,32H,6-8,13-16H2,1-2H3,(H,31,38)(H,33,36)(H,34,37)/b24-18-. The predicted molar refractivity (Wildman–Crippen MR) is 150 cm³/mol. The lowest BCUT2D eigenvalue weighted by Gasteiger charge is -2.14. The summed E-state index contributed by atoms with van der Waals surface area (Å²) in [5.41, 5.74) is 5.94. The van der Waals surface area contributed by atoms with Crippen molar-refractivity contribution in [2.24, 2.45) is 0 Å². The summed E-state index contributed by atoms with van der Waals surface area (Å²) < 4.78 is 0. The lowest BCUT2D eigenvalue weighted by atomic mass is 10.0. The number of aryl methyl sites for hydroxylation is 1. The SMILES string of the molecule is Cc1[nH]c(/C=C2\C(=O)Nc3cc(NC(=O)c4ccccc4)ccc32)c(C)c1C(=O)NCCCN1CCCC1. The lowest BCUT2D eigenvalue weighted by molar-refractivity contribution is -0.110. The minimum Gasteiger partial charge on any atom is -0.358 e. The van der Waals surface area contributed by atoms with Gasteiger partial charge in [0.25, 0.3) is 17.7 Å². The quantitative estimate of drug-likeness (QED) is 0.262. The minimum absolute atomic E-state index is 0.0996. The number of rotatable bonds is 8. The van der Waals surface area contributed by atoms with E-state index in [1.54, 1.807) is 30.3 Å². The van der Waals surface area contributed by atoms with E-state index in [1.807, 2.05) is 38.1 Å². The maximum absolute atomic E-state index is 12.9. The predicted octanol–water partition coefficient (Wildman–Crippen LogP) is 4.59. The van der Waals surface area contributed by atoms with Crippen LogP contribution in [-0.2, 0) is 4.79 Å². The number of carbonyl (C=O) groups excluding carboxylic acids is 3. The van der Waals surface area contributed by atoms with E-state index in [0.29, 0.717) is 34.6 Å². The molecule has 3 aromatic rings. The molecule has 196 valence electrons. The molecular weight excluding hydrogens is 478 g/mol. The second-order valence-corrected chi connectivity index (χ2v) is 9.91. The van der Waals surface area contributed by atoms with Gasteiger partial charge in [0, 0.05) is 34.7 Å². The van der Waals surface area contributed by atoms with E-state index in [1.165, 1.54) is 12.8 Å². The Morgan fingerprint density at radius 3 is 2.55 bits per heavy atom. The third kappa shape index (κ3) is 5.40. The van der Waals surface area contributed by atoms with Gasteiger partial charge in [-0.3, -0.25) is 14.4 Å². The molecule has 8 nitrogen and oxygen atoms in total. The van der Waals surface area contributed by atoms with Crippen LogP contribution in [0.15, 0.2) is 48.5 Å². The average Bonchev–Trinajstić information content (AvgIpc) is 3.61. The van der Waals surface area contributed by atoms with Crippen molar-refractivity contribution in [3.63, 3.8) is 0 Å². The minimum atomic E-state index is -0.230. The number of fused-ring (bicyclic) bond motifs is 1. The van der Waals surface area contributed by atoms with Crippen LogP contribution in [-0.4, -0.2) is 53.8 Å². The van der Waals surface area contributed by atoms with E-state index in [2.05, 4.69) is 25.8 Å². The Morgan fingerprint density at radius 1 is 1.03 bits per heavy atom. The number of benzene rings is 2. The first-order valence-corrected chi connectivity index (χ1v) is 13.1. The highest BCUT2D eigenvalue weighted by molar-refractivity contribution is 6.35. The number of amides is 3. The smallest absolute Gasteiger partial charge is 0.256 e. The zero-order chi connectivity index (χ0) is 26.6. The molecule has 0 saturated carbocycles. The topological polar surface area (TPSA) is 106 Å². The van der Waals surface area contributed by atoms with Gasteiger partial charge < -0.3 is 25.8 Å². The molecule has 1 aromatic heterocycles. The highest BCUT2D eigenvalue weighted by Gasteiger charge is 2.26. The summed E-state index contributed by atoms with van der Waals surface area (Å²) >= 11 is 0. The van der Waals surface area contributed by atoms with E-state index in [4.69, 9.17) is 0 Å². The summed E-state index contributed by atoms with van der Waals surface area (Å²) in [6.45, 7) is 7.72. The van der Waals surface area contributed by atoms with Gasteiger partial charge in [0.05, 0.1) is 16.8 Å². The molecule has 3 heterocycles. The van der Waals surface area contributed by atoms with Gasteiger partial charge in [-0.15, -0.1) is 0 Å². The summed E-state index contributed by atoms with van der Waals surface area (Å²) in [6, 6.07) is 14.3. The molecule has 5 rings (SSSR count). The molecule has 8 heteroatoms. The van der Waals surface area contributed by atoms with Crippen LogP contribution in [0.4, 0.5) is 11.4 Å². The van der Waals surface area contributed by atoms with Crippen molar-refractivity contribution in [1.29, 1.82) is 0 Å².